The first-order valence-corrected chi connectivity index (χ1v) is 7.26. The number of aryl methyl sites for hydroxylation is 1. The molecule has 0 radical (unpaired) electrons. The summed E-state index contributed by atoms with van der Waals surface area (Å²) in [7, 11) is 0. The van der Waals surface area contributed by atoms with Gasteiger partial charge >= 0.3 is 0 Å². The van der Waals surface area contributed by atoms with Crippen LogP contribution in [0.25, 0.3) is 0 Å². The predicted octanol–water partition coefficient (Wildman–Crippen LogP) is 3.67. The van der Waals surface area contributed by atoms with Crippen molar-refractivity contribution < 1.29 is 9.72 Å². The molecule has 5 nitrogen and oxygen atoms in total. The molecule has 0 saturated heterocycles. The summed E-state index contributed by atoms with van der Waals surface area (Å²) in [6, 6.07) is 11.2. The highest BCUT2D eigenvalue weighted by Crippen LogP contribution is 2.33. The Hall–Kier alpha value is -2.40. The lowest BCUT2D eigenvalue weighted by Gasteiger charge is -2.14. The first kappa shape index (κ1) is 14.5. The molecule has 0 aromatic heterocycles. The number of nitro benzene ring substituents is 1. The summed E-state index contributed by atoms with van der Waals surface area (Å²) in [5, 5.41) is 14.3. The van der Waals surface area contributed by atoms with E-state index < -0.39 is 4.92 Å². The number of halogens is 1. The van der Waals surface area contributed by atoms with Crippen molar-refractivity contribution in [1.29, 1.82) is 0 Å². The number of nitrogens with one attached hydrogen (secondary N) is 1. The maximum absolute atomic E-state index is 12.3. The van der Waals surface area contributed by atoms with Crippen LogP contribution in [-0.4, -0.2) is 10.8 Å². The van der Waals surface area contributed by atoms with E-state index in [4.69, 9.17) is 11.6 Å². The van der Waals surface area contributed by atoms with Gasteiger partial charge in [-0.3, -0.25) is 14.9 Å². The number of non-ortho nitro benzene ring substituents is 1. The summed E-state index contributed by atoms with van der Waals surface area (Å²) in [5.74, 6) is -0.234. The Balaban J connectivity index is 1.74. The number of benzene rings is 2. The number of hydrogen-bond donors (Lipinski definition) is 1. The van der Waals surface area contributed by atoms with Crippen LogP contribution in [-0.2, 0) is 6.42 Å². The third-order valence-corrected chi connectivity index (χ3v) is 4.06. The third-order valence-electron chi connectivity index (χ3n) is 3.83. The van der Waals surface area contributed by atoms with Crippen molar-refractivity contribution in [1.82, 2.24) is 5.32 Å². The molecule has 1 N–H and O–H groups in total. The molecular formula is C16H13ClN2O3. The van der Waals surface area contributed by atoms with Crippen LogP contribution in [0.2, 0.25) is 5.02 Å². The zero-order valence-electron chi connectivity index (χ0n) is 11.6. The second kappa shape index (κ2) is 5.77. The van der Waals surface area contributed by atoms with E-state index in [1.54, 1.807) is 0 Å². The fraction of sp³-hybridized carbons (Fsp3) is 0.188. The lowest BCUT2D eigenvalue weighted by molar-refractivity contribution is -0.384. The average Bonchev–Trinajstić information content (AvgIpc) is 2.89. The molecule has 2 aromatic carbocycles. The summed E-state index contributed by atoms with van der Waals surface area (Å²) < 4.78 is 0. The van der Waals surface area contributed by atoms with Crippen molar-refractivity contribution in [2.75, 3.05) is 0 Å². The molecule has 1 aliphatic rings. The number of rotatable bonds is 3. The van der Waals surface area contributed by atoms with Crippen molar-refractivity contribution >= 4 is 23.2 Å². The Morgan fingerprint density at radius 1 is 1.23 bits per heavy atom. The molecule has 6 heteroatoms. The Bertz CT molecular complexity index is 744. The molecular weight excluding hydrogens is 304 g/mol. The van der Waals surface area contributed by atoms with Gasteiger partial charge in [0, 0.05) is 22.7 Å². The zero-order chi connectivity index (χ0) is 15.7. The van der Waals surface area contributed by atoms with Gasteiger partial charge in [-0.2, -0.15) is 0 Å². The fourth-order valence-electron chi connectivity index (χ4n) is 2.71. The highest BCUT2D eigenvalue weighted by atomic mass is 35.5. The molecule has 1 amide bonds. The zero-order valence-corrected chi connectivity index (χ0v) is 12.3. The van der Waals surface area contributed by atoms with E-state index in [2.05, 4.69) is 5.32 Å². The van der Waals surface area contributed by atoms with Gasteiger partial charge in [0.1, 0.15) is 0 Å². The first-order chi connectivity index (χ1) is 10.5. The maximum Gasteiger partial charge on any atom is 0.269 e. The number of amides is 1. The van der Waals surface area contributed by atoms with Crippen LogP contribution in [0.4, 0.5) is 5.69 Å². The van der Waals surface area contributed by atoms with E-state index in [9.17, 15) is 14.9 Å². The second-order valence-electron chi connectivity index (χ2n) is 5.21. The van der Waals surface area contributed by atoms with Gasteiger partial charge in [0.15, 0.2) is 0 Å². The normalized spacial score (nSPS) is 16.1. The molecule has 0 fully saturated rings. The lowest BCUT2D eigenvalue weighted by Crippen LogP contribution is -2.27. The lowest BCUT2D eigenvalue weighted by atomic mass is 10.1. The highest BCUT2D eigenvalue weighted by molar-refractivity contribution is 6.30. The quantitative estimate of drug-likeness (QED) is 0.693. The third kappa shape index (κ3) is 2.80. The standard InChI is InChI=1S/C16H13ClN2O3/c17-12-4-7-14-11(9-12)3-8-15(14)18-16(20)10-1-5-13(6-2-10)19(21)22/h1-2,4-7,9,15H,3,8H2,(H,18,20). The van der Waals surface area contributed by atoms with Crippen molar-refractivity contribution in [3.8, 4) is 0 Å². The molecule has 0 heterocycles. The molecule has 1 atom stereocenters. The van der Waals surface area contributed by atoms with Crippen LogP contribution in [0, 0.1) is 10.1 Å². The smallest absolute Gasteiger partial charge is 0.269 e. The molecule has 112 valence electrons. The summed E-state index contributed by atoms with van der Waals surface area (Å²) >= 11 is 5.97. The van der Waals surface area contributed by atoms with E-state index >= 15 is 0 Å². The largest absolute Gasteiger partial charge is 0.345 e. The van der Waals surface area contributed by atoms with E-state index in [0.717, 1.165) is 24.0 Å². The van der Waals surface area contributed by atoms with E-state index in [1.807, 2.05) is 18.2 Å². The Morgan fingerprint density at radius 3 is 2.64 bits per heavy atom. The van der Waals surface area contributed by atoms with Crippen molar-refractivity contribution in [3.05, 3.63) is 74.3 Å². The summed E-state index contributed by atoms with van der Waals surface area (Å²) in [5.41, 5.74) is 2.62. The molecule has 0 aliphatic heterocycles. The Labute approximate surface area is 132 Å². The molecule has 1 aliphatic carbocycles. The second-order valence-corrected chi connectivity index (χ2v) is 5.65. The predicted molar refractivity (Wildman–Crippen MR) is 83.1 cm³/mol. The first-order valence-electron chi connectivity index (χ1n) is 6.88. The maximum atomic E-state index is 12.3. The minimum Gasteiger partial charge on any atom is -0.345 e. The van der Waals surface area contributed by atoms with Gasteiger partial charge in [-0.25, -0.2) is 0 Å². The number of carbonyl (C=O) groups is 1. The van der Waals surface area contributed by atoms with Crippen LogP contribution >= 0.6 is 11.6 Å². The van der Waals surface area contributed by atoms with Gasteiger partial charge < -0.3 is 5.32 Å². The van der Waals surface area contributed by atoms with Crippen molar-refractivity contribution in [2.24, 2.45) is 0 Å². The van der Waals surface area contributed by atoms with Gasteiger partial charge in [0.2, 0.25) is 0 Å². The summed E-state index contributed by atoms with van der Waals surface area (Å²) in [6.07, 6.45) is 1.70. The van der Waals surface area contributed by atoms with Crippen LogP contribution in [0.3, 0.4) is 0 Å². The monoisotopic (exact) mass is 316 g/mol. The van der Waals surface area contributed by atoms with Crippen LogP contribution in [0.5, 0.6) is 0 Å². The summed E-state index contributed by atoms with van der Waals surface area (Å²) in [6.45, 7) is 0. The molecule has 2 aromatic rings. The van der Waals surface area contributed by atoms with E-state index in [-0.39, 0.29) is 17.6 Å². The van der Waals surface area contributed by atoms with Gasteiger partial charge in [0.25, 0.3) is 11.6 Å². The number of hydrogen-bond acceptors (Lipinski definition) is 3. The molecule has 0 bridgehead atoms. The molecule has 1 unspecified atom stereocenters. The molecule has 3 rings (SSSR count). The van der Waals surface area contributed by atoms with Gasteiger partial charge in [-0.1, -0.05) is 17.7 Å². The fourth-order valence-corrected chi connectivity index (χ4v) is 2.91. The SMILES string of the molecule is O=C(NC1CCc2cc(Cl)ccc21)c1ccc([N+](=O)[O-])cc1. The van der Waals surface area contributed by atoms with Crippen molar-refractivity contribution in [3.63, 3.8) is 0 Å². The van der Waals surface area contributed by atoms with Crippen LogP contribution in [0.15, 0.2) is 42.5 Å². The molecule has 0 spiro atoms. The number of carbonyl (C=O) groups excluding carboxylic acids is 1. The van der Waals surface area contributed by atoms with E-state index in [1.165, 1.54) is 24.3 Å². The van der Waals surface area contributed by atoms with Gasteiger partial charge in [0.05, 0.1) is 11.0 Å². The molecule has 0 saturated carbocycles. The van der Waals surface area contributed by atoms with E-state index in [0.29, 0.717) is 10.6 Å². The Kier molecular flexibility index (Phi) is 3.81. The minimum atomic E-state index is -0.487. The van der Waals surface area contributed by atoms with Crippen LogP contribution < -0.4 is 5.32 Å². The topological polar surface area (TPSA) is 72.2 Å². The Morgan fingerprint density at radius 2 is 1.95 bits per heavy atom. The minimum absolute atomic E-state index is 0.0302. The van der Waals surface area contributed by atoms with Gasteiger partial charge in [-0.05, 0) is 48.2 Å². The van der Waals surface area contributed by atoms with Crippen LogP contribution in [0.1, 0.15) is 33.9 Å². The number of nitrogens with zero attached hydrogens (tertiary/aromatic N) is 1. The van der Waals surface area contributed by atoms with Gasteiger partial charge in [-0.15, -0.1) is 0 Å². The number of fused-ring (bicyclic) bond motifs is 1. The highest BCUT2D eigenvalue weighted by Gasteiger charge is 2.24. The summed E-state index contributed by atoms with van der Waals surface area (Å²) in [4.78, 5) is 22.4. The molecule has 22 heavy (non-hydrogen) atoms. The number of nitro groups is 1. The van der Waals surface area contributed by atoms with Crippen molar-refractivity contribution in [2.45, 2.75) is 18.9 Å². The average molecular weight is 317 g/mol.